The first-order valence-electron chi connectivity index (χ1n) is 19.1. The van der Waals surface area contributed by atoms with Crippen LogP contribution in [0.5, 0.6) is 0 Å². The standard InChI is InChI=1S/C41H60F2N6O6S/c1-39(2,3)30(24-48(9)56(10,54)55)46-38(53)47-34(40(4,5)6)37(52)49-23-28-32(41(28,7)8)33(49)36(51)45-29(21-31(42)43)35(50)44-22-27(25-17-13-11-14-18-25)26-19-15-12-16-20-26/h11-20,27-34H,21-24H2,1-10H3,(H,44,50)(H,45,51)(H2,46,47,53)/t28-,29-,30+,32-,33-,34+/m0/s1. The average molecular weight is 803 g/mol. The van der Waals surface area contributed by atoms with Crippen LogP contribution in [-0.2, 0) is 24.4 Å². The number of nitrogens with one attached hydrogen (secondary N) is 4. The van der Waals surface area contributed by atoms with E-state index in [1.54, 1.807) is 20.8 Å². The number of amides is 5. The fourth-order valence-corrected chi connectivity index (χ4v) is 8.10. The lowest BCUT2D eigenvalue weighted by atomic mass is 9.85. The molecule has 6 atom stereocenters. The number of likely N-dealkylation sites (N-methyl/N-ethyl adjacent to an activating group) is 1. The summed E-state index contributed by atoms with van der Waals surface area (Å²) in [4.78, 5) is 57.3. The number of carbonyl (C=O) groups excluding carboxylic acids is 4. The lowest BCUT2D eigenvalue weighted by Gasteiger charge is -2.39. The predicted molar refractivity (Wildman–Crippen MR) is 212 cm³/mol. The molecule has 2 aromatic carbocycles. The zero-order valence-corrected chi connectivity index (χ0v) is 35.0. The van der Waals surface area contributed by atoms with Crippen LogP contribution in [0.3, 0.4) is 0 Å². The highest BCUT2D eigenvalue weighted by Crippen LogP contribution is 2.65. The van der Waals surface area contributed by atoms with Gasteiger partial charge in [0.15, 0.2) is 0 Å². The highest BCUT2D eigenvalue weighted by Gasteiger charge is 2.70. The predicted octanol–water partition coefficient (Wildman–Crippen LogP) is 4.58. The van der Waals surface area contributed by atoms with Crippen LogP contribution in [0.25, 0.3) is 0 Å². The number of hydrogen-bond acceptors (Lipinski definition) is 6. The molecule has 1 heterocycles. The fourth-order valence-electron chi connectivity index (χ4n) is 7.68. The molecule has 1 aliphatic carbocycles. The average Bonchev–Trinajstić information content (AvgIpc) is 3.40. The van der Waals surface area contributed by atoms with Crippen molar-refractivity contribution in [3.8, 4) is 0 Å². The second-order valence-electron chi connectivity index (χ2n) is 18.1. The molecule has 2 aliphatic rings. The highest BCUT2D eigenvalue weighted by molar-refractivity contribution is 7.88. The van der Waals surface area contributed by atoms with E-state index in [0.717, 1.165) is 21.7 Å². The number of halogens is 2. The number of fused-ring (bicyclic) bond motifs is 1. The van der Waals surface area contributed by atoms with Crippen LogP contribution >= 0.6 is 0 Å². The van der Waals surface area contributed by atoms with E-state index in [-0.39, 0.29) is 42.8 Å². The Balaban J connectivity index is 1.54. The maximum atomic E-state index is 14.5. The minimum absolute atomic E-state index is 0.0107. The third-order valence-corrected chi connectivity index (χ3v) is 12.7. The summed E-state index contributed by atoms with van der Waals surface area (Å²) in [6.45, 7) is 15.1. The summed E-state index contributed by atoms with van der Waals surface area (Å²) < 4.78 is 53.5. The Morgan fingerprint density at radius 3 is 1.88 bits per heavy atom. The number of carbonyl (C=O) groups is 4. The molecule has 0 bridgehead atoms. The topological polar surface area (TPSA) is 157 Å². The Morgan fingerprint density at radius 2 is 1.41 bits per heavy atom. The van der Waals surface area contributed by atoms with E-state index in [0.29, 0.717) is 0 Å². The molecule has 4 N–H and O–H groups in total. The molecule has 2 fully saturated rings. The molecule has 0 radical (unpaired) electrons. The van der Waals surface area contributed by atoms with Gasteiger partial charge in [0.25, 0.3) is 0 Å². The number of piperidine rings is 1. The summed E-state index contributed by atoms with van der Waals surface area (Å²) in [6.07, 6.45) is -2.75. The number of nitrogens with zero attached hydrogens (tertiary/aromatic N) is 2. The Morgan fingerprint density at radius 1 is 0.875 bits per heavy atom. The maximum Gasteiger partial charge on any atom is 0.315 e. The second-order valence-corrected chi connectivity index (χ2v) is 20.2. The van der Waals surface area contributed by atoms with Crippen molar-refractivity contribution in [3.05, 3.63) is 71.8 Å². The minimum atomic E-state index is -3.55. The molecular weight excluding hydrogens is 743 g/mol. The van der Waals surface area contributed by atoms with Gasteiger partial charge in [0.05, 0.1) is 6.26 Å². The number of likely N-dealkylation sites (tertiary alicyclic amines) is 1. The van der Waals surface area contributed by atoms with Crippen LogP contribution in [0.4, 0.5) is 13.6 Å². The van der Waals surface area contributed by atoms with Gasteiger partial charge in [0.1, 0.15) is 18.1 Å². The Bertz CT molecular complexity index is 1780. The van der Waals surface area contributed by atoms with E-state index in [2.05, 4.69) is 21.3 Å². The summed E-state index contributed by atoms with van der Waals surface area (Å²) in [6, 6.07) is 13.9. The first kappa shape index (κ1) is 44.6. The molecule has 56 heavy (non-hydrogen) atoms. The molecule has 310 valence electrons. The Kier molecular flexibility index (Phi) is 13.7. The minimum Gasteiger partial charge on any atom is -0.353 e. The number of urea groups is 1. The highest BCUT2D eigenvalue weighted by atomic mass is 32.2. The van der Waals surface area contributed by atoms with E-state index >= 15 is 0 Å². The van der Waals surface area contributed by atoms with Crippen molar-refractivity contribution in [1.82, 2.24) is 30.5 Å². The van der Waals surface area contributed by atoms with Crippen molar-refractivity contribution < 1.29 is 36.4 Å². The quantitative estimate of drug-likeness (QED) is 0.207. The summed E-state index contributed by atoms with van der Waals surface area (Å²) in [5.41, 5.74) is 0.104. The molecule has 0 aromatic heterocycles. The molecule has 2 aromatic rings. The van der Waals surface area contributed by atoms with Gasteiger partial charge in [-0.25, -0.2) is 26.3 Å². The van der Waals surface area contributed by atoms with Crippen molar-refractivity contribution in [2.24, 2.45) is 28.1 Å². The van der Waals surface area contributed by atoms with E-state index in [1.807, 2.05) is 95.3 Å². The molecular formula is C41H60F2N6O6S. The maximum absolute atomic E-state index is 14.5. The first-order valence-corrected chi connectivity index (χ1v) is 20.9. The van der Waals surface area contributed by atoms with Crippen LogP contribution in [0.1, 0.15) is 78.9 Å². The molecule has 1 saturated carbocycles. The number of alkyl halides is 2. The van der Waals surface area contributed by atoms with Gasteiger partial charge < -0.3 is 26.2 Å². The number of hydrogen-bond donors (Lipinski definition) is 4. The van der Waals surface area contributed by atoms with Crippen LogP contribution in [0, 0.1) is 28.1 Å². The van der Waals surface area contributed by atoms with Crippen molar-refractivity contribution in [3.63, 3.8) is 0 Å². The smallest absolute Gasteiger partial charge is 0.315 e. The fraction of sp³-hybridized carbons (Fsp3) is 0.610. The van der Waals surface area contributed by atoms with Gasteiger partial charge in [-0.05, 0) is 39.2 Å². The molecule has 4 rings (SSSR count). The van der Waals surface area contributed by atoms with Crippen LogP contribution in [0.15, 0.2) is 60.7 Å². The number of rotatable bonds is 15. The number of benzene rings is 2. The van der Waals surface area contributed by atoms with Gasteiger partial charge in [-0.2, -0.15) is 0 Å². The lowest BCUT2D eigenvalue weighted by molar-refractivity contribution is -0.144. The van der Waals surface area contributed by atoms with Gasteiger partial charge in [0, 0.05) is 45.1 Å². The second kappa shape index (κ2) is 17.2. The summed E-state index contributed by atoms with van der Waals surface area (Å²) >= 11 is 0. The van der Waals surface area contributed by atoms with Crippen LogP contribution < -0.4 is 21.3 Å². The largest absolute Gasteiger partial charge is 0.353 e. The third-order valence-electron chi connectivity index (χ3n) is 11.4. The lowest BCUT2D eigenvalue weighted by Crippen LogP contribution is -2.62. The van der Waals surface area contributed by atoms with Crippen molar-refractivity contribution in [2.75, 3.05) is 32.9 Å². The van der Waals surface area contributed by atoms with E-state index in [4.69, 9.17) is 0 Å². The van der Waals surface area contributed by atoms with E-state index < -0.39 is 81.6 Å². The SMILES string of the molecule is CN(C[C@@H](NC(=O)N[C@H](C(=O)N1C[C@H]2[C@@H]([C@H]1C(=O)N[C@@H](CC(F)F)C(=O)NCC(c1ccccc1)c1ccccc1)C2(C)C)C(C)(C)C)C(C)(C)C)S(C)(=O)=O. The van der Waals surface area contributed by atoms with Crippen molar-refractivity contribution in [1.29, 1.82) is 0 Å². The number of sulfonamides is 1. The molecule has 1 aliphatic heterocycles. The summed E-state index contributed by atoms with van der Waals surface area (Å²) in [5, 5.41) is 11.0. The van der Waals surface area contributed by atoms with Gasteiger partial charge in [-0.1, -0.05) is 116 Å². The van der Waals surface area contributed by atoms with Gasteiger partial charge in [0.2, 0.25) is 34.2 Å². The zero-order valence-electron chi connectivity index (χ0n) is 34.2. The van der Waals surface area contributed by atoms with Gasteiger partial charge >= 0.3 is 6.03 Å². The Hall–Kier alpha value is -4.11. The summed E-state index contributed by atoms with van der Waals surface area (Å²) in [5.74, 6) is -2.65. The van der Waals surface area contributed by atoms with E-state index in [9.17, 15) is 36.4 Å². The Labute approximate surface area is 331 Å². The summed E-state index contributed by atoms with van der Waals surface area (Å²) in [7, 11) is -2.13. The van der Waals surface area contributed by atoms with Gasteiger partial charge in [-0.15, -0.1) is 0 Å². The normalized spacial score (nSPS) is 20.9. The van der Waals surface area contributed by atoms with Gasteiger partial charge in [-0.3, -0.25) is 14.4 Å². The van der Waals surface area contributed by atoms with E-state index in [1.165, 1.54) is 11.9 Å². The first-order chi connectivity index (χ1) is 25.8. The molecule has 0 unspecified atom stereocenters. The molecule has 1 saturated heterocycles. The van der Waals surface area contributed by atoms with Crippen molar-refractivity contribution >= 4 is 33.8 Å². The monoisotopic (exact) mass is 802 g/mol. The zero-order chi connectivity index (χ0) is 42.0. The van der Waals surface area contributed by atoms with Crippen LogP contribution in [0.2, 0.25) is 0 Å². The molecule has 0 spiro atoms. The molecule has 5 amide bonds. The molecule has 15 heteroatoms. The molecule has 12 nitrogen and oxygen atoms in total. The third kappa shape index (κ3) is 10.8. The van der Waals surface area contributed by atoms with Crippen molar-refractivity contribution in [2.45, 2.75) is 98.3 Å². The van der Waals surface area contributed by atoms with Crippen LogP contribution in [-0.4, -0.2) is 105 Å².